The minimum atomic E-state index is -0.727. The lowest BCUT2D eigenvalue weighted by molar-refractivity contribution is -0.116. The fourth-order valence-electron chi connectivity index (χ4n) is 3.48. The van der Waals surface area contributed by atoms with Crippen LogP contribution in [0.5, 0.6) is 0 Å². The van der Waals surface area contributed by atoms with Crippen LogP contribution in [-0.4, -0.2) is 56.6 Å². The van der Waals surface area contributed by atoms with Crippen LogP contribution >= 0.6 is 0 Å². The molecule has 0 radical (unpaired) electrons. The number of rotatable bonds is 5. The van der Waals surface area contributed by atoms with Crippen molar-refractivity contribution in [1.82, 2.24) is 4.90 Å². The Hall–Kier alpha value is -3.65. The maximum absolute atomic E-state index is 12.7. The Labute approximate surface area is 179 Å². The molecular weight excluding hydrogens is 398 g/mol. The van der Waals surface area contributed by atoms with Crippen LogP contribution in [0.1, 0.15) is 10.4 Å². The van der Waals surface area contributed by atoms with Gasteiger partial charge in [-0.05, 0) is 36.4 Å². The SMILES string of the molecule is CN(CC(=O)Nc1ccc(N2CCOCC2)cc1)C(=O)c1cc2ccccc2oc1=O. The Kier molecular flexibility index (Phi) is 5.99. The number of ether oxygens (including phenoxy) is 1. The Morgan fingerprint density at radius 3 is 2.52 bits per heavy atom. The predicted molar refractivity (Wildman–Crippen MR) is 118 cm³/mol. The first-order chi connectivity index (χ1) is 15.0. The molecule has 1 N–H and O–H groups in total. The van der Waals surface area contributed by atoms with Gasteiger partial charge in [-0.15, -0.1) is 0 Å². The number of nitrogens with one attached hydrogen (secondary N) is 1. The lowest BCUT2D eigenvalue weighted by Gasteiger charge is -2.28. The zero-order valence-electron chi connectivity index (χ0n) is 17.2. The third-order valence-corrected chi connectivity index (χ3v) is 5.13. The highest BCUT2D eigenvalue weighted by atomic mass is 16.5. The average Bonchev–Trinajstić information content (AvgIpc) is 2.79. The number of benzene rings is 2. The first-order valence-corrected chi connectivity index (χ1v) is 10.0. The van der Waals surface area contributed by atoms with E-state index in [0.717, 1.165) is 18.8 Å². The maximum Gasteiger partial charge on any atom is 0.349 e. The van der Waals surface area contributed by atoms with E-state index in [1.165, 1.54) is 18.0 Å². The zero-order valence-corrected chi connectivity index (χ0v) is 17.2. The summed E-state index contributed by atoms with van der Waals surface area (Å²) in [5, 5.41) is 3.42. The molecule has 1 aliphatic rings. The van der Waals surface area contributed by atoms with E-state index in [1.54, 1.807) is 24.3 Å². The highest BCUT2D eigenvalue weighted by molar-refractivity contribution is 6.00. The number of amides is 2. The van der Waals surface area contributed by atoms with Gasteiger partial charge < -0.3 is 24.3 Å². The minimum absolute atomic E-state index is 0.108. The second-order valence-electron chi connectivity index (χ2n) is 7.34. The van der Waals surface area contributed by atoms with Crippen LogP contribution in [0.15, 0.2) is 63.8 Å². The Morgan fingerprint density at radius 1 is 1.06 bits per heavy atom. The molecule has 0 bridgehead atoms. The van der Waals surface area contributed by atoms with Crippen LogP contribution in [0.25, 0.3) is 11.0 Å². The smallest absolute Gasteiger partial charge is 0.349 e. The quantitative estimate of drug-likeness (QED) is 0.636. The van der Waals surface area contributed by atoms with E-state index >= 15 is 0 Å². The number of fused-ring (bicyclic) bond motifs is 1. The van der Waals surface area contributed by atoms with Gasteiger partial charge in [0.15, 0.2) is 0 Å². The van der Waals surface area contributed by atoms with E-state index in [4.69, 9.17) is 9.15 Å². The van der Waals surface area contributed by atoms with Crippen LogP contribution in [0.3, 0.4) is 0 Å². The molecule has 0 atom stereocenters. The molecule has 1 saturated heterocycles. The number of para-hydroxylation sites is 1. The summed E-state index contributed by atoms with van der Waals surface area (Å²) >= 11 is 0. The Bertz CT molecular complexity index is 1150. The number of carbonyl (C=O) groups is 2. The molecule has 1 fully saturated rings. The third-order valence-electron chi connectivity index (χ3n) is 5.13. The summed E-state index contributed by atoms with van der Waals surface area (Å²) in [4.78, 5) is 40.7. The molecule has 8 nitrogen and oxygen atoms in total. The lowest BCUT2D eigenvalue weighted by Crippen LogP contribution is -2.37. The molecule has 0 saturated carbocycles. The van der Waals surface area contributed by atoms with E-state index < -0.39 is 11.5 Å². The molecule has 31 heavy (non-hydrogen) atoms. The van der Waals surface area contributed by atoms with Gasteiger partial charge in [-0.1, -0.05) is 18.2 Å². The molecule has 2 heterocycles. The topological polar surface area (TPSA) is 92.1 Å². The van der Waals surface area contributed by atoms with Crippen LogP contribution in [0, 0.1) is 0 Å². The summed E-state index contributed by atoms with van der Waals surface area (Å²) in [5.41, 5.74) is 1.27. The molecule has 2 aromatic carbocycles. The molecule has 8 heteroatoms. The van der Waals surface area contributed by atoms with Gasteiger partial charge in [0, 0.05) is 36.9 Å². The molecule has 0 unspecified atom stereocenters. The fraction of sp³-hybridized carbons (Fsp3) is 0.261. The van der Waals surface area contributed by atoms with Gasteiger partial charge in [0.1, 0.15) is 11.1 Å². The van der Waals surface area contributed by atoms with Gasteiger partial charge in [0.25, 0.3) is 5.91 Å². The van der Waals surface area contributed by atoms with E-state index in [0.29, 0.717) is 29.9 Å². The van der Waals surface area contributed by atoms with Gasteiger partial charge in [-0.3, -0.25) is 9.59 Å². The molecule has 2 amide bonds. The first-order valence-electron chi connectivity index (χ1n) is 10.0. The van der Waals surface area contributed by atoms with E-state index in [-0.39, 0.29) is 18.0 Å². The second kappa shape index (κ2) is 9.01. The van der Waals surface area contributed by atoms with Gasteiger partial charge >= 0.3 is 5.63 Å². The maximum atomic E-state index is 12.7. The molecule has 0 spiro atoms. The highest BCUT2D eigenvalue weighted by Crippen LogP contribution is 2.19. The van der Waals surface area contributed by atoms with Gasteiger partial charge in [-0.2, -0.15) is 0 Å². The summed E-state index contributed by atoms with van der Waals surface area (Å²) in [6.07, 6.45) is 0. The van der Waals surface area contributed by atoms with Crippen LogP contribution in [0.2, 0.25) is 0 Å². The van der Waals surface area contributed by atoms with Gasteiger partial charge in [-0.25, -0.2) is 4.79 Å². The number of likely N-dealkylation sites (N-methyl/N-ethyl adjacent to an activating group) is 1. The monoisotopic (exact) mass is 421 g/mol. The van der Waals surface area contributed by atoms with Crippen molar-refractivity contribution in [3.8, 4) is 0 Å². The molecular formula is C23H23N3O5. The average molecular weight is 421 g/mol. The number of hydrogen-bond donors (Lipinski definition) is 1. The normalized spacial score (nSPS) is 13.8. The van der Waals surface area contributed by atoms with E-state index in [2.05, 4.69) is 10.2 Å². The number of morpholine rings is 1. The number of anilines is 2. The van der Waals surface area contributed by atoms with Gasteiger partial charge in [0.05, 0.1) is 19.8 Å². The van der Waals surface area contributed by atoms with Crippen LogP contribution in [0.4, 0.5) is 11.4 Å². The van der Waals surface area contributed by atoms with E-state index in [9.17, 15) is 14.4 Å². The standard InChI is InChI=1S/C23H23N3O5/c1-25(22(28)19-14-16-4-2-3-5-20(16)31-23(19)29)15-21(27)24-17-6-8-18(9-7-17)26-10-12-30-13-11-26/h2-9,14H,10-13,15H2,1H3,(H,24,27). The van der Waals surface area contributed by atoms with Crippen molar-refractivity contribution in [1.29, 1.82) is 0 Å². The Morgan fingerprint density at radius 2 is 1.77 bits per heavy atom. The van der Waals surface area contributed by atoms with Crippen molar-refractivity contribution in [2.75, 3.05) is 50.1 Å². The van der Waals surface area contributed by atoms with Crippen molar-refractivity contribution in [2.45, 2.75) is 0 Å². The summed E-state index contributed by atoms with van der Waals surface area (Å²) in [6.45, 7) is 2.88. The predicted octanol–water partition coefficient (Wildman–Crippen LogP) is 2.34. The van der Waals surface area contributed by atoms with Crippen LogP contribution in [-0.2, 0) is 9.53 Å². The first kappa shape index (κ1) is 20.6. The van der Waals surface area contributed by atoms with Crippen molar-refractivity contribution in [2.24, 2.45) is 0 Å². The minimum Gasteiger partial charge on any atom is -0.422 e. The van der Waals surface area contributed by atoms with Crippen molar-refractivity contribution >= 4 is 34.2 Å². The van der Waals surface area contributed by atoms with Crippen molar-refractivity contribution in [3.05, 3.63) is 70.6 Å². The molecule has 4 rings (SSSR count). The third kappa shape index (κ3) is 4.75. The molecule has 0 aliphatic carbocycles. The summed E-state index contributed by atoms with van der Waals surface area (Å²) < 4.78 is 10.6. The van der Waals surface area contributed by atoms with Crippen LogP contribution < -0.4 is 15.8 Å². The van der Waals surface area contributed by atoms with Gasteiger partial charge in [0.2, 0.25) is 5.91 Å². The number of carbonyl (C=O) groups excluding carboxylic acids is 2. The summed E-state index contributed by atoms with van der Waals surface area (Å²) in [7, 11) is 1.47. The van der Waals surface area contributed by atoms with Crippen molar-refractivity contribution in [3.63, 3.8) is 0 Å². The summed E-state index contributed by atoms with van der Waals surface area (Å²) in [6, 6.07) is 16.0. The lowest BCUT2D eigenvalue weighted by atomic mass is 10.1. The highest BCUT2D eigenvalue weighted by Gasteiger charge is 2.20. The molecule has 160 valence electrons. The second-order valence-corrected chi connectivity index (χ2v) is 7.34. The number of nitrogens with zero attached hydrogens (tertiary/aromatic N) is 2. The molecule has 1 aromatic heterocycles. The van der Waals surface area contributed by atoms with E-state index in [1.807, 2.05) is 24.3 Å². The molecule has 3 aromatic rings. The van der Waals surface area contributed by atoms with Crippen molar-refractivity contribution < 1.29 is 18.7 Å². The fourth-order valence-corrected chi connectivity index (χ4v) is 3.48. The largest absolute Gasteiger partial charge is 0.422 e. The zero-order chi connectivity index (χ0) is 21.8. The Balaban J connectivity index is 1.38. The number of hydrogen-bond acceptors (Lipinski definition) is 6. The molecule has 1 aliphatic heterocycles. The summed E-state index contributed by atoms with van der Waals surface area (Å²) in [5.74, 6) is -0.933.